The third-order valence-corrected chi connectivity index (χ3v) is 5.10. The Hall–Kier alpha value is -3.00. The van der Waals surface area contributed by atoms with E-state index in [1.54, 1.807) is 45.3 Å². The van der Waals surface area contributed by atoms with Crippen LogP contribution in [0.25, 0.3) is 11.5 Å². The number of carbonyl (C=O) groups is 1. The second kappa shape index (κ2) is 8.79. The Balaban J connectivity index is 1.87. The zero-order valence-electron chi connectivity index (χ0n) is 16.1. The summed E-state index contributed by atoms with van der Waals surface area (Å²) in [7, 11) is 6.59. The Kier molecular flexibility index (Phi) is 6.20. The number of rotatable bonds is 7. The molecule has 1 aromatic heterocycles. The first-order valence-electron chi connectivity index (χ1n) is 8.52. The van der Waals surface area contributed by atoms with E-state index in [1.165, 1.54) is 11.8 Å². The van der Waals surface area contributed by atoms with Gasteiger partial charge in [0.15, 0.2) is 11.5 Å². The molecular weight excluding hydrogens is 378 g/mol. The van der Waals surface area contributed by atoms with Crippen LogP contribution < -0.4 is 9.47 Å². The smallest absolute Gasteiger partial charge is 0.277 e. The van der Waals surface area contributed by atoms with E-state index in [0.29, 0.717) is 28.2 Å². The molecule has 0 aliphatic carbocycles. The molecule has 3 aromatic rings. The summed E-state index contributed by atoms with van der Waals surface area (Å²) in [5.41, 5.74) is 1.57. The van der Waals surface area contributed by atoms with Gasteiger partial charge in [-0.15, -0.1) is 10.2 Å². The molecule has 0 radical (unpaired) electrons. The number of amides is 1. The first kappa shape index (κ1) is 19.8. The largest absolute Gasteiger partial charge is 0.493 e. The standard InChI is InChI=1S/C20H21N3O4S/c1-23(2)19(24)17(13-8-6-5-7-9-13)28-20-22-21-18(27-20)14-10-11-15(25-3)16(12-14)26-4/h5-12,17H,1-4H3/t17-/m0/s1. The van der Waals surface area contributed by atoms with Crippen molar-refractivity contribution < 1.29 is 18.7 Å². The van der Waals surface area contributed by atoms with Crippen LogP contribution in [0.1, 0.15) is 10.8 Å². The second-order valence-electron chi connectivity index (χ2n) is 6.08. The molecular formula is C20H21N3O4S. The van der Waals surface area contributed by atoms with Crippen LogP contribution in [-0.2, 0) is 4.79 Å². The third kappa shape index (κ3) is 4.28. The Bertz CT molecular complexity index is 944. The molecule has 0 bridgehead atoms. The third-order valence-electron chi connectivity index (χ3n) is 4.02. The minimum atomic E-state index is -0.477. The van der Waals surface area contributed by atoms with Crippen molar-refractivity contribution in [2.75, 3.05) is 28.3 Å². The summed E-state index contributed by atoms with van der Waals surface area (Å²) in [6.45, 7) is 0. The molecule has 2 aromatic carbocycles. The van der Waals surface area contributed by atoms with Gasteiger partial charge in [0, 0.05) is 19.7 Å². The van der Waals surface area contributed by atoms with Crippen LogP contribution in [-0.4, -0.2) is 49.3 Å². The number of nitrogens with zero attached hydrogens (tertiary/aromatic N) is 3. The molecule has 1 amide bonds. The summed E-state index contributed by atoms with van der Waals surface area (Å²) in [4.78, 5) is 14.2. The van der Waals surface area contributed by atoms with Gasteiger partial charge in [-0.3, -0.25) is 4.79 Å². The Morgan fingerprint density at radius 1 is 1.04 bits per heavy atom. The van der Waals surface area contributed by atoms with Crippen LogP contribution in [0.4, 0.5) is 0 Å². The average molecular weight is 399 g/mol. The lowest BCUT2D eigenvalue weighted by Gasteiger charge is -2.18. The van der Waals surface area contributed by atoms with Gasteiger partial charge in [-0.2, -0.15) is 0 Å². The van der Waals surface area contributed by atoms with Crippen molar-refractivity contribution in [3.63, 3.8) is 0 Å². The molecule has 28 heavy (non-hydrogen) atoms. The maximum atomic E-state index is 12.7. The maximum Gasteiger partial charge on any atom is 0.277 e. The van der Waals surface area contributed by atoms with Gasteiger partial charge >= 0.3 is 0 Å². The lowest BCUT2D eigenvalue weighted by Crippen LogP contribution is -2.26. The Morgan fingerprint density at radius 3 is 2.39 bits per heavy atom. The van der Waals surface area contributed by atoms with Crippen molar-refractivity contribution in [2.45, 2.75) is 10.5 Å². The fourth-order valence-corrected chi connectivity index (χ4v) is 3.59. The lowest BCUT2D eigenvalue weighted by molar-refractivity contribution is -0.128. The van der Waals surface area contributed by atoms with E-state index in [1.807, 2.05) is 36.4 Å². The molecule has 0 N–H and O–H groups in total. The van der Waals surface area contributed by atoms with E-state index in [9.17, 15) is 4.79 Å². The first-order valence-corrected chi connectivity index (χ1v) is 9.40. The molecule has 0 aliphatic heterocycles. The zero-order chi connectivity index (χ0) is 20.1. The molecule has 0 saturated carbocycles. The summed E-state index contributed by atoms with van der Waals surface area (Å²) in [6.07, 6.45) is 0. The predicted molar refractivity (Wildman–Crippen MR) is 107 cm³/mol. The fraction of sp³-hybridized carbons (Fsp3) is 0.250. The molecule has 146 valence electrons. The number of likely N-dealkylation sites (N-methyl/N-ethyl adjacent to an activating group) is 1. The van der Waals surface area contributed by atoms with Gasteiger partial charge in [-0.05, 0) is 35.5 Å². The lowest BCUT2D eigenvalue weighted by atomic mass is 10.1. The molecule has 3 rings (SSSR count). The molecule has 8 heteroatoms. The minimum Gasteiger partial charge on any atom is -0.493 e. The van der Waals surface area contributed by atoms with Crippen molar-refractivity contribution in [3.8, 4) is 23.0 Å². The molecule has 0 unspecified atom stereocenters. The second-order valence-corrected chi connectivity index (χ2v) is 7.14. The normalized spacial score (nSPS) is 11.7. The van der Waals surface area contributed by atoms with Gasteiger partial charge < -0.3 is 18.8 Å². The number of aromatic nitrogens is 2. The highest BCUT2D eigenvalue weighted by molar-refractivity contribution is 8.00. The van der Waals surface area contributed by atoms with Crippen LogP contribution in [0.2, 0.25) is 0 Å². The number of thioether (sulfide) groups is 1. The molecule has 0 saturated heterocycles. The summed E-state index contributed by atoms with van der Waals surface area (Å²) in [5, 5.41) is 8.05. The van der Waals surface area contributed by atoms with E-state index in [2.05, 4.69) is 10.2 Å². The SMILES string of the molecule is COc1ccc(-c2nnc(S[C@H](C(=O)N(C)C)c3ccccc3)o2)cc1OC. The number of hydrogen-bond acceptors (Lipinski definition) is 7. The van der Waals surface area contributed by atoms with Crippen LogP contribution in [0.5, 0.6) is 11.5 Å². The molecule has 1 heterocycles. The maximum absolute atomic E-state index is 12.7. The molecule has 0 aliphatic rings. The summed E-state index contributed by atoms with van der Waals surface area (Å²) >= 11 is 1.22. The number of hydrogen-bond donors (Lipinski definition) is 0. The van der Waals surface area contributed by atoms with Crippen molar-refractivity contribution in [2.24, 2.45) is 0 Å². The first-order chi connectivity index (χ1) is 13.5. The Morgan fingerprint density at radius 2 is 1.75 bits per heavy atom. The van der Waals surface area contributed by atoms with Gasteiger partial charge in [0.05, 0.1) is 14.2 Å². The van der Waals surface area contributed by atoms with Crippen molar-refractivity contribution in [3.05, 3.63) is 54.1 Å². The zero-order valence-corrected chi connectivity index (χ0v) is 16.9. The van der Waals surface area contributed by atoms with Gasteiger partial charge in [0.2, 0.25) is 11.8 Å². The summed E-state index contributed by atoms with van der Waals surface area (Å²) < 4.78 is 16.4. The van der Waals surface area contributed by atoms with E-state index < -0.39 is 5.25 Å². The van der Waals surface area contributed by atoms with Gasteiger partial charge in [0.1, 0.15) is 5.25 Å². The molecule has 1 atom stereocenters. The molecule has 7 nitrogen and oxygen atoms in total. The summed E-state index contributed by atoms with van der Waals surface area (Å²) in [5.74, 6) is 1.47. The van der Waals surface area contributed by atoms with Crippen LogP contribution in [0, 0.1) is 0 Å². The summed E-state index contributed by atoms with van der Waals surface area (Å²) in [6, 6.07) is 14.9. The molecule has 0 fully saturated rings. The van der Waals surface area contributed by atoms with Crippen LogP contribution >= 0.6 is 11.8 Å². The van der Waals surface area contributed by atoms with Crippen molar-refractivity contribution in [1.29, 1.82) is 0 Å². The average Bonchev–Trinajstić information content (AvgIpc) is 3.20. The van der Waals surface area contributed by atoms with Crippen LogP contribution in [0.15, 0.2) is 58.2 Å². The number of benzene rings is 2. The van der Waals surface area contributed by atoms with E-state index in [0.717, 1.165) is 5.56 Å². The highest BCUT2D eigenvalue weighted by atomic mass is 32.2. The van der Waals surface area contributed by atoms with Crippen molar-refractivity contribution in [1.82, 2.24) is 15.1 Å². The topological polar surface area (TPSA) is 77.7 Å². The van der Waals surface area contributed by atoms with E-state index >= 15 is 0 Å². The van der Waals surface area contributed by atoms with Crippen molar-refractivity contribution >= 4 is 17.7 Å². The molecule has 0 spiro atoms. The predicted octanol–water partition coefficient (Wildman–Crippen LogP) is 3.68. The quantitative estimate of drug-likeness (QED) is 0.561. The van der Waals surface area contributed by atoms with Gasteiger partial charge in [-0.1, -0.05) is 30.3 Å². The number of methoxy groups -OCH3 is 2. The van der Waals surface area contributed by atoms with E-state index in [4.69, 9.17) is 13.9 Å². The number of ether oxygens (including phenoxy) is 2. The van der Waals surface area contributed by atoms with Gasteiger partial charge in [-0.25, -0.2) is 0 Å². The minimum absolute atomic E-state index is 0.0536. The monoisotopic (exact) mass is 399 g/mol. The number of carbonyl (C=O) groups excluding carboxylic acids is 1. The highest BCUT2D eigenvalue weighted by Crippen LogP contribution is 2.38. The van der Waals surface area contributed by atoms with Crippen LogP contribution in [0.3, 0.4) is 0 Å². The van der Waals surface area contributed by atoms with Gasteiger partial charge in [0.25, 0.3) is 5.22 Å². The Labute approximate surface area is 167 Å². The highest BCUT2D eigenvalue weighted by Gasteiger charge is 2.26. The van der Waals surface area contributed by atoms with E-state index in [-0.39, 0.29) is 5.91 Å². The fourth-order valence-electron chi connectivity index (χ4n) is 2.57.